The maximum absolute atomic E-state index is 12.9. The SMILES string of the molecule is CC1CCC(C(C)C)C(O)(C(=O)NCC(=O)c2ccc(F)cc2)C1. The minimum absolute atomic E-state index is 0.116. The third-order valence-corrected chi connectivity index (χ3v) is 5.02. The molecule has 0 spiro atoms. The first kappa shape index (κ1) is 18.6. The van der Waals surface area contributed by atoms with Crippen LogP contribution in [-0.4, -0.2) is 28.9 Å². The normalized spacial score (nSPS) is 27.1. The van der Waals surface area contributed by atoms with Crippen molar-refractivity contribution in [3.8, 4) is 0 Å². The summed E-state index contributed by atoms with van der Waals surface area (Å²) in [6.07, 6.45) is 2.20. The number of nitrogens with one attached hydrogen (secondary N) is 1. The molecule has 0 saturated heterocycles. The summed E-state index contributed by atoms with van der Waals surface area (Å²) in [4.78, 5) is 24.7. The predicted octanol–water partition coefficient (Wildman–Crippen LogP) is 2.95. The van der Waals surface area contributed by atoms with E-state index in [4.69, 9.17) is 0 Å². The minimum atomic E-state index is -1.44. The molecule has 2 N–H and O–H groups in total. The molecule has 0 aromatic heterocycles. The minimum Gasteiger partial charge on any atom is -0.380 e. The van der Waals surface area contributed by atoms with Crippen LogP contribution in [0.4, 0.5) is 4.39 Å². The van der Waals surface area contributed by atoms with Crippen LogP contribution in [0.1, 0.15) is 50.4 Å². The summed E-state index contributed by atoms with van der Waals surface area (Å²) >= 11 is 0. The van der Waals surface area contributed by atoms with Crippen LogP contribution in [0, 0.1) is 23.6 Å². The number of Topliss-reactive ketones (excluding diaryl/α,β-unsaturated/α-hetero) is 1. The predicted molar refractivity (Wildman–Crippen MR) is 90.0 cm³/mol. The van der Waals surface area contributed by atoms with Crippen LogP contribution in [0.25, 0.3) is 0 Å². The summed E-state index contributed by atoms with van der Waals surface area (Å²) in [7, 11) is 0. The summed E-state index contributed by atoms with van der Waals surface area (Å²) in [5.41, 5.74) is -1.10. The standard InChI is InChI=1S/C19H26FNO3/c1-12(2)16-9-4-13(3)10-19(16,24)18(23)21-11-17(22)14-5-7-15(20)8-6-14/h5-8,12-13,16,24H,4,9-11H2,1-3H3,(H,21,23). The quantitative estimate of drug-likeness (QED) is 0.813. The van der Waals surface area contributed by atoms with Gasteiger partial charge in [-0.3, -0.25) is 9.59 Å². The monoisotopic (exact) mass is 335 g/mol. The van der Waals surface area contributed by atoms with E-state index in [1.807, 2.05) is 20.8 Å². The van der Waals surface area contributed by atoms with Gasteiger partial charge in [-0.15, -0.1) is 0 Å². The molecule has 2 rings (SSSR count). The van der Waals surface area contributed by atoms with Crippen LogP contribution < -0.4 is 5.32 Å². The molecular formula is C19H26FNO3. The second-order valence-electron chi connectivity index (χ2n) is 7.27. The summed E-state index contributed by atoms with van der Waals surface area (Å²) in [6, 6.07) is 5.19. The first-order chi connectivity index (χ1) is 11.2. The zero-order chi connectivity index (χ0) is 17.9. The number of carbonyl (C=O) groups is 2. The van der Waals surface area contributed by atoms with Crippen LogP contribution in [0.5, 0.6) is 0 Å². The number of rotatable bonds is 5. The zero-order valence-corrected chi connectivity index (χ0v) is 14.5. The molecule has 24 heavy (non-hydrogen) atoms. The number of amides is 1. The van der Waals surface area contributed by atoms with Gasteiger partial charge in [-0.05, 0) is 54.9 Å². The molecule has 4 nitrogen and oxygen atoms in total. The van der Waals surface area contributed by atoms with Gasteiger partial charge in [-0.1, -0.05) is 27.2 Å². The molecular weight excluding hydrogens is 309 g/mol. The molecule has 0 aliphatic heterocycles. The van der Waals surface area contributed by atoms with Crippen molar-refractivity contribution >= 4 is 11.7 Å². The summed E-state index contributed by atoms with van der Waals surface area (Å²) in [5, 5.41) is 13.6. The first-order valence-electron chi connectivity index (χ1n) is 8.53. The second kappa shape index (κ2) is 7.43. The lowest BCUT2D eigenvalue weighted by Crippen LogP contribution is -2.56. The van der Waals surface area contributed by atoms with Crippen molar-refractivity contribution in [2.75, 3.05) is 6.54 Å². The molecule has 1 aromatic carbocycles. The van der Waals surface area contributed by atoms with Gasteiger partial charge in [0.05, 0.1) is 6.54 Å². The Morgan fingerprint density at radius 2 is 1.92 bits per heavy atom. The maximum Gasteiger partial charge on any atom is 0.252 e. The van der Waals surface area contributed by atoms with Gasteiger partial charge in [-0.2, -0.15) is 0 Å². The molecule has 0 bridgehead atoms. The van der Waals surface area contributed by atoms with Gasteiger partial charge in [0.15, 0.2) is 5.78 Å². The Labute approximate surface area is 142 Å². The van der Waals surface area contributed by atoms with Crippen molar-refractivity contribution in [2.24, 2.45) is 17.8 Å². The van der Waals surface area contributed by atoms with Crippen LogP contribution in [0.2, 0.25) is 0 Å². The highest BCUT2D eigenvalue weighted by molar-refractivity contribution is 6.00. The van der Waals surface area contributed by atoms with E-state index < -0.39 is 17.3 Å². The van der Waals surface area contributed by atoms with Crippen molar-refractivity contribution in [3.63, 3.8) is 0 Å². The molecule has 3 atom stereocenters. The van der Waals surface area contributed by atoms with Gasteiger partial charge in [0.2, 0.25) is 0 Å². The van der Waals surface area contributed by atoms with Crippen molar-refractivity contribution in [1.82, 2.24) is 5.32 Å². The van der Waals surface area contributed by atoms with Crippen LogP contribution >= 0.6 is 0 Å². The Bertz CT molecular complexity index is 599. The van der Waals surface area contributed by atoms with E-state index in [0.717, 1.165) is 12.8 Å². The van der Waals surface area contributed by atoms with E-state index in [9.17, 15) is 19.1 Å². The fraction of sp³-hybridized carbons (Fsp3) is 0.579. The van der Waals surface area contributed by atoms with Crippen molar-refractivity contribution in [3.05, 3.63) is 35.6 Å². The third-order valence-electron chi connectivity index (χ3n) is 5.02. The maximum atomic E-state index is 12.9. The second-order valence-corrected chi connectivity index (χ2v) is 7.27. The Morgan fingerprint density at radius 1 is 1.29 bits per heavy atom. The summed E-state index contributed by atoms with van der Waals surface area (Å²) < 4.78 is 12.9. The van der Waals surface area contributed by atoms with Gasteiger partial charge >= 0.3 is 0 Å². The number of benzene rings is 1. The van der Waals surface area contributed by atoms with Crippen LogP contribution in [-0.2, 0) is 4.79 Å². The van der Waals surface area contributed by atoms with Gasteiger partial charge < -0.3 is 10.4 Å². The number of ketones is 1. The van der Waals surface area contributed by atoms with E-state index in [0.29, 0.717) is 12.0 Å². The van der Waals surface area contributed by atoms with E-state index in [2.05, 4.69) is 5.32 Å². The smallest absolute Gasteiger partial charge is 0.252 e. The number of halogens is 1. The van der Waals surface area contributed by atoms with Crippen molar-refractivity contribution < 1.29 is 19.1 Å². The Balaban J connectivity index is 2.04. The Morgan fingerprint density at radius 3 is 2.50 bits per heavy atom. The summed E-state index contributed by atoms with van der Waals surface area (Å²) in [5.74, 6) is -0.875. The molecule has 1 aliphatic carbocycles. The molecule has 1 saturated carbocycles. The average Bonchev–Trinajstić information content (AvgIpc) is 2.52. The zero-order valence-electron chi connectivity index (χ0n) is 14.5. The van der Waals surface area contributed by atoms with E-state index in [1.54, 1.807) is 0 Å². The number of hydrogen-bond acceptors (Lipinski definition) is 3. The van der Waals surface area contributed by atoms with E-state index in [1.165, 1.54) is 24.3 Å². The molecule has 0 radical (unpaired) electrons. The molecule has 1 aliphatic rings. The Hall–Kier alpha value is -1.75. The fourth-order valence-electron chi connectivity index (χ4n) is 3.68. The van der Waals surface area contributed by atoms with Gasteiger partial charge in [0.1, 0.15) is 11.4 Å². The molecule has 3 unspecified atom stereocenters. The van der Waals surface area contributed by atoms with Gasteiger partial charge in [-0.25, -0.2) is 4.39 Å². The highest BCUT2D eigenvalue weighted by Gasteiger charge is 2.48. The third kappa shape index (κ3) is 4.01. The average molecular weight is 335 g/mol. The van der Waals surface area contributed by atoms with Gasteiger partial charge in [0.25, 0.3) is 5.91 Å². The molecule has 132 valence electrons. The molecule has 1 fully saturated rings. The number of hydrogen-bond donors (Lipinski definition) is 2. The lowest BCUT2D eigenvalue weighted by atomic mass is 9.66. The van der Waals surface area contributed by atoms with Crippen molar-refractivity contribution in [2.45, 2.75) is 45.6 Å². The fourth-order valence-corrected chi connectivity index (χ4v) is 3.68. The Kier molecular flexibility index (Phi) is 5.75. The van der Waals surface area contributed by atoms with E-state index >= 15 is 0 Å². The van der Waals surface area contributed by atoms with Gasteiger partial charge in [0, 0.05) is 5.56 Å². The molecule has 1 aromatic rings. The highest BCUT2D eigenvalue weighted by atomic mass is 19.1. The molecule has 5 heteroatoms. The van der Waals surface area contributed by atoms with Crippen molar-refractivity contribution in [1.29, 1.82) is 0 Å². The lowest BCUT2D eigenvalue weighted by molar-refractivity contribution is -0.155. The number of carbonyl (C=O) groups excluding carboxylic acids is 2. The summed E-state index contributed by atoms with van der Waals surface area (Å²) in [6.45, 7) is 5.83. The first-order valence-corrected chi connectivity index (χ1v) is 8.53. The number of aliphatic hydroxyl groups is 1. The lowest BCUT2D eigenvalue weighted by Gasteiger charge is -2.43. The largest absolute Gasteiger partial charge is 0.380 e. The van der Waals surface area contributed by atoms with Crippen LogP contribution in [0.15, 0.2) is 24.3 Å². The van der Waals surface area contributed by atoms with E-state index in [-0.39, 0.29) is 30.1 Å². The van der Waals surface area contributed by atoms with Crippen LogP contribution in [0.3, 0.4) is 0 Å². The topological polar surface area (TPSA) is 66.4 Å². The molecule has 1 amide bonds. The molecule has 0 heterocycles. The highest BCUT2D eigenvalue weighted by Crippen LogP contribution is 2.41.